The third-order valence-corrected chi connectivity index (χ3v) is 3.06. The van der Waals surface area contributed by atoms with Gasteiger partial charge in [-0.05, 0) is 32.9 Å². The van der Waals surface area contributed by atoms with Crippen LogP contribution in [0.5, 0.6) is 0 Å². The number of H-pyrrole nitrogens is 1. The summed E-state index contributed by atoms with van der Waals surface area (Å²) in [7, 11) is 2.08. The third kappa shape index (κ3) is 3.81. The summed E-state index contributed by atoms with van der Waals surface area (Å²) >= 11 is 0. The number of carbonyl (C=O) groups is 1. The summed E-state index contributed by atoms with van der Waals surface area (Å²) in [6.45, 7) is 2.04. The molecule has 94 valence electrons. The molecule has 0 aliphatic carbocycles. The van der Waals surface area contributed by atoms with Gasteiger partial charge in [-0.1, -0.05) is 5.21 Å². The van der Waals surface area contributed by atoms with Crippen molar-refractivity contribution >= 4 is 5.91 Å². The minimum absolute atomic E-state index is 0.147. The van der Waals surface area contributed by atoms with Gasteiger partial charge in [-0.15, -0.1) is 5.10 Å². The zero-order valence-electron chi connectivity index (χ0n) is 10.1. The van der Waals surface area contributed by atoms with Crippen molar-refractivity contribution in [3.05, 3.63) is 11.9 Å². The number of hydrogen-bond donors (Lipinski definition) is 2. The molecule has 6 heteroatoms. The van der Waals surface area contributed by atoms with Crippen LogP contribution in [0.15, 0.2) is 6.20 Å². The molecule has 0 radical (unpaired) electrons. The van der Waals surface area contributed by atoms with Crippen LogP contribution in [0.2, 0.25) is 0 Å². The lowest BCUT2D eigenvalue weighted by molar-refractivity contribution is -0.121. The lowest BCUT2D eigenvalue weighted by atomic mass is 10.2. The summed E-state index contributed by atoms with van der Waals surface area (Å²) in [5.74, 6) is 0.147. The third-order valence-electron chi connectivity index (χ3n) is 3.06. The highest BCUT2D eigenvalue weighted by molar-refractivity contribution is 5.76. The van der Waals surface area contributed by atoms with Gasteiger partial charge in [0.05, 0.1) is 5.69 Å². The van der Waals surface area contributed by atoms with Gasteiger partial charge in [0.1, 0.15) is 0 Å². The highest BCUT2D eigenvalue weighted by Gasteiger charge is 2.20. The highest BCUT2D eigenvalue weighted by atomic mass is 16.1. The predicted molar refractivity (Wildman–Crippen MR) is 63.4 cm³/mol. The Morgan fingerprint density at radius 2 is 2.59 bits per heavy atom. The molecular formula is C11H19N5O. The van der Waals surface area contributed by atoms with Crippen LogP contribution in [0.4, 0.5) is 0 Å². The zero-order valence-corrected chi connectivity index (χ0v) is 10.1. The fourth-order valence-electron chi connectivity index (χ4n) is 2.13. The molecule has 1 unspecified atom stereocenters. The van der Waals surface area contributed by atoms with Gasteiger partial charge in [0.15, 0.2) is 0 Å². The normalized spacial score (nSPS) is 20.6. The number of amides is 1. The van der Waals surface area contributed by atoms with E-state index in [4.69, 9.17) is 0 Å². The van der Waals surface area contributed by atoms with Gasteiger partial charge >= 0.3 is 0 Å². The highest BCUT2D eigenvalue weighted by Crippen LogP contribution is 2.07. The number of likely N-dealkylation sites (tertiary alicyclic amines) is 1. The summed E-state index contributed by atoms with van der Waals surface area (Å²) < 4.78 is 0. The molecule has 2 N–H and O–H groups in total. The maximum absolute atomic E-state index is 11.7. The van der Waals surface area contributed by atoms with Crippen LogP contribution in [0, 0.1) is 0 Å². The van der Waals surface area contributed by atoms with Crippen LogP contribution >= 0.6 is 0 Å². The average molecular weight is 237 g/mol. The molecule has 1 aromatic heterocycles. The van der Waals surface area contributed by atoms with Crippen molar-refractivity contribution in [1.29, 1.82) is 0 Å². The molecule has 1 atom stereocenters. The molecule has 6 nitrogen and oxygen atoms in total. The second-order valence-corrected chi connectivity index (χ2v) is 4.63. The maximum atomic E-state index is 11.7. The first kappa shape index (κ1) is 12.0. The molecule has 1 aromatic rings. The lowest BCUT2D eigenvalue weighted by Gasteiger charge is -2.12. The molecule has 1 amide bonds. The first-order chi connectivity index (χ1) is 8.24. The van der Waals surface area contributed by atoms with Gasteiger partial charge in [-0.2, -0.15) is 0 Å². The smallest absolute Gasteiger partial charge is 0.220 e. The Hall–Kier alpha value is -1.43. The SMILES string of the molecule is CN1CCC(NC(=O)CCCc2c[nH]nn2)C1. The molecule has 0 bridgehead atoms. The van der Waals surface area contributed by atoms with E-state index in [0.29, 0.717) is 12.5 Å². The molecule has 1 aliphatic rings. The fourth-order valence-corrected chi connectivity index (χ4v) is 2.13. The Labute approximate surface area is 101 Å². The van der Waals surface area contributed by atoms with Crippen LogP contribution in [0.25, 0.3) is 0 Å². The monoisotopic (exact) mass is 237 g/mol. The summed E-state index contributed by atoms with van der Waals surface area (Å²) in [6, 6.07) is 0.333. The van der Waals surface area contributed by atoms with Gasteiger partial charge in [0, 0.05) is 25.2 Å². The molecule has 17 heavy (non-hydrogen) atoms. The number of nitrogens with zero attached hydrogens (tertiary/aromatic N) is 3. The van der Waals surface area contributed by atoms with Gasteiger partial charge in [0.2, 0.25) is 5.91 Å². The van der Waals surface area contributed by atoms with Crippen LogP contribution in [-0.4, -0.2) is 52.4 Å². The number of rotatable bonds is 5. The van der Waals surface area contributed by atoms with E-state index >= 15 is 0 Å². The van der Waals surface area contributed by atoms with Crippen LogP contribution in [0.3, 0.4) is 0 Å². The van der Waals surface area contributed by atoms with Crippen molar-refractivity contribution in [2.45, 2.75) is 31.7 Å². The summed E-state index contributed by atoms with van der Waals surface area (Å²) in [6.07, 6.45) is 5.01. The van der Waals surface area contributed by atoms with Crippen molar-refractivity contribution in [1.82, 2.24) is 25.6 Å². The Morgan fingerprint density at radius 3 is 3.24 bits per heavy atom. The molecule has 1 aliphatic heterocycles. The Morgan fingerprint density at radius 1 is 1.71 bits per heavy atom. The Kier molecular flexibility index (Phi) is 4.08. The van der Waals surface area contributed by atoms with Crippen molar-refractivity contribution in [2.75, 3.05) is 20.1 Å². The predicted octanol–water partition coefficient (Wildman–Crippen LogP) is -0.0523. The number of likely N-dealkylation sites (N-methyl/N-ethyl adjacent to an activating group) is 1. The van der Waals surface area contributed by atoms with E-state index in [1.54, 1.807) is 6.20 Å². The van der Waals surface area contributed by atoms with Gasteiger partial charge in [-0.25, -0.2) is 0 Å². The number of hydrogen-bond acceptors (Lipinski definition) is 4. The number of aryl methyl sites for hydroxylation is 1. The van der Waals surface area contributed by atoms with E-state index < -0.39 is 0 Å². The number of nitrogens with one attached hydrogen (secondary N) is 2. The summed E-state index contributed by atoms with van der Waals surface area (Å²) in [5.41, 5.74) is 0.915. The van der Waals surface area contributed by atoms with Crippen molar-refractivity contribution in [2.24, 2.45) is 0 Å². The molecule has 0 saturated carbocycles. The van der Waals surface area contributed by atoms with Crippen molar-refractivity contribution in [3.8, 4) is 0 Å². The van der Waals surface area contributed by atoms with E-state index in [2.05, 4.69) is 32.7 Å². The van der Waals surface area contributed by atoms with E-state index in [1.165, 1.54) is 0 Å². The molecule has 1 fully saturated rings. The van der Waals surface area contributed by atoms with Gasteiger partial charge in [-0.3, -0.25) is 9.89 Å². The quantitative estimate of drug-likeness (QED) is 0.753. The summed E-state index contributed by atoms with van der Waals surface area (Å²) in [5, 5.41) is 13.2. The van der Waals surface area contributed by atoms with E-state index in [-0.39, 0.29) is 5.91 Å². The van der Waals surface area contributed by atoms with Crippen molar-refractivity contribution in [3.63, 3.8) is 0 Å². The van der Waals surface area contributed by atoms with Gasteiger partial charge in [0.25, 0.3) is 0 Å². The minimum atomic E-state index is 0.147. The number of aromatic amines is 1. The molecule has 2 heterocycles. The number of carbonyl (C=O) groups excluding carboxylic acids is 1. The molecule has 2 rings (SSSR count). The molecule has 1 saturated heterocycles. The first-order valence-corrected chi connectivity index (χ1v) is 6.07. The Balaban J connectivity index is 1.61. The first-order valence-electron chi connectivity index (χ1n) is 6.07. The molecule has 0 aromatic carbocycles. The zero-order chi connectivity index (χ0) is 12.1. The van der Waals surface area contributed by atoms with E-state index in [0.717, 1.165) is 38.0 Å². The minimum Gasteiger partial charge on any atom is -0.352 e. The number of aromatic nitrogens is 3. The van der Waals surface area contributed by atoms with Gasteiger partial charge < -0.3 is 10.2 Å². The van der Waals surface area contributed by atoms with Crippen LogP contribution < -0.4 is 5.32 Å². The summed E-state index contributed by atoms with van der Waals surface area (Å²) in [4.78, 5) is 13.9. The Bertz CT molecular complexity index is 351. The molecule has 0 spiro atoms. The van der Waals surface area contributed by atoms with Crippen molar-refractivity contribution < 1.29 is 4.79 Å². The van der Waals surface area contributed by atoms with E-state index in [9.17, 15) is 4.79 Å². The largest absolute Gasteiger partial charge is 0.352 e. The topological polar surface area (TPSA) is 73.9 Å². The lowest BCUT2D eigenvalue weighted by Crippen LogP contribution is -2.36. The fraction of sp³-hybridized carbons (Fsp3) is 0.727. The second-order valence-electron chi connectivity index (χ2n) is 4.63. The standard InChI is InChI=1S/C11H19N5O/c1-16-6-5-10(8-16)13-11(17)4-2-3-9-7-12-15-14-9/h7,10H,2-6,8H2,1H3,(H,13,17)(H,12,14,15). The van der Waals surface area contributed by atoms with E-state index in [1.807, 2.05) is 0 Å². The maximum Gasteiger partial charge on any atom is 0.220 e. The second kappa shape index (κ2) is 5.77. The van der Waals surface area contributed by atoms with Crippen LogP contribution in [0.1, 0.15) is 25.0 Å². The average Bonchev–Trinajstić information content (AvgIpc) is 2.90. The molecular weight excluding hydrogens is 218 g/mol. The van der Waals surface area contributed by atoms with Crippen LogP contribution in [-0.2, 0) is 11.2 Å².